The van der Waals surface area contributed by atoms with Crippen molar-refractivity contribution in [3.8, 4) is 0 Å². The van der Waals surface area contributed by atoms with Crippen molar-refractivity contribution in [3.05, 3.63) is 24.3 Å². The third-order valence-electron chi connectivity index (χ3n) is 2.96. The van der Waals surface area contributed by atoms with Crippen molar-refractivity contribution in [2.45, 2.75) is 24.5 Å². The molecular weight excluding hydrogens is 296 g/mol. The maximum Gasteiger partial charge on any atom is 0.319 e. The van der Waals surface area contributed by atoms with Gasteiger partial charge in [0.25, 0.3) is 5.76 Å². The molecule has 0 unspecified atom stereocenters. The summed E-state index contributed by atoms with van der Waals surface area (Å²) in [6, 6.07) is 6.14. The highest BCUT2D eigenvalue weighted by Gasteiger charge is 2.11. The summed E-state index contributed by atoms with van der Waals surface area (Å²) in [4.78, 5) is 14.3. The summed E-state index contributed by atoms with van der Waals surface area (Å²) < 4.78 is 24.9. The minimum absolute atomic E-state index is 0.353. The highest BCUT2D eigenvalue weighted by atomic mass is 32.2. The van der Waals surface area contributed by atoms with Gasteiger partial charge >= 0.3 is 6.03 Å². The third kappa shape index (κ3) is 6.77. The summed E-state index contributed by atoms with van der Waals surface area (Å²) in [6.45, 7) is 7.23. The van der Waals surface area contributed by atoms with E-state index >= 15 is 0 Å². The van der Waals surface area contributed by atoms with Gasteiger partial charge in [0.2, 0.25) is 0 Å². The zero-order chi connectivity index (χ0) is 15.7. The quantitative estimate of drug-likeness (QED) is 0.722. The highest BCUT2D eigenvalue weighted by molar-refractivity contribution is 7.99. The molecule has 0 aliphatic rings. The maximum atomic E-state index is 12.4. The van der Waals surface area contributed by atoms with E-state index in [0.29, 0.717) is 28.9 Å². The van der Waals surface area contributed by atoms with E-state index in [0.717, 1.165) is 19.6 Å². The van der Waals surface area contributed by atoms with Crippen molar-refractivity contribution in [3.63, 3.8) is 0 Å². The van der Waals surface area contributed by atoms with Gasteiger partial charge in [-0.2, -0.15) is 8.78 Å². The maximum absolute atomic E-state index is 12.4. The van der Waals surface area contributed by atoms with E-state index in [1.54, 1.807) is 24.3 Å². The molecule has 7 heteroatoms. The Morgan fingerprint density at radius 3 is 2.57 bits per heavy atom. The molecule has 0 saturated carbocycles. The standard InChI is InChI=1S/C14H21F2N3OS/c1-3-19(4-2)10-9-17-14(20)18-11-7-5-6-8-12(11)21-13(15)16/h5-8,13H,3-4,9-10H2,1-2H3,(H2,17,18,20). The first-order chi connectivity index (χ1) is 10.1. The number of urea groups is 1. The van der Waals surface area contributed by atoms with E-state index in [1.165, 1.54) is 0 Å². The van der Waals surface area contributed by atoms with Crippen LogP contribution in [0.4, 0.5) is 19.3 Å². The van der Waals surface area contributed by atoms with Gasteiger partial charge in [0, 0.05) is 18.0 Å². The average Bonchev–Trinajstić information content (AvgIpc) is 2.45. The molecule has 0 saturated heterocycles. The molecule has 0 aliphatic carbocycles. The summed E-state index contributed by atoms with van der Waals surface area (Å²) >= 11 is 0.419. The van der Waals surface area contributed by atoms with Gasteiger partial charge in [0.15, 0.2) is 0 Å². The number of carbonyl (C=O) groups is 1. The van der Waals surface area contributed by atoms with Crippen LogP contribution in [0.2, 0.25) is 0 Å². The van der Waals surface area contributed by atoms with Crippen LogP contribution in [0, 0.1) is 0 Å². The van der Waals surface area contributed by atoms with Crippen molar-refractivity contribution >= 4 is 23.5 Å². The second kappa shape index (κ2) is 9.57. The molecule has 118 valence electrons. The van der Waals surface area contributed by atoms with Crippen LogP contribution in [-0.2, 0) is 0 Å². The molecule has 0 fully saturated rings. The van der Waals surface area contributed by atoms with E-state index in [-0.39, 0.29) is 6.03 Å². The third-order valence-corrected chi connectivity index (χ3v) is 3.75. The fraction of sp³-hybridized carbons (Fsp3) is 0.500. The number of anilines is 1. The van der Waals surface area contributed by atoms with Crippen LogP contribution in [0.5, 0.6) is 0 Å². The number of benzene rings is 1. The average molecular weight is 317 g/mol. The van der Waals surface area contributed by atoms with Gasteiger partial charge in [0.05, 0.1) is 5.69 Å². The number of carbonyl (C=O) groups excluding carboxylic acids is 1. The summed E-state index contributed by atoms with van der Waals surface area (Å²) in [5.74, 6) is -2.52. The van der Waals surface area contributed by atoms with Gasteiger partial charge in [-0.3, -0.25) is 0 Å². The van der Waals surface area contributed by atoms with E-state index in [2.05, 4.69) is 29.4 Å². The smallest absolute Gasteiger partial charge is 0.319 e. The Morgan fingerprint density at radius 2 is 1.95 bits per heavy atom. The number of hydrogen-bond acceptors (Lipinski definition) is 3. The highest BCUT2D eigenvalue weighted by Crippen LogP contribution is 2.31. The monoisotopic (exact) mass is 317 g/mol. The van der Waals surface area contributed by atoms with Crippen LogP contribution in [0.3, 0.4) is 0 Å². The zero-order valence-electron chi connectivity index (χ0n) is 12.2. The van der Waals surface area contributed by atoms with Gasteiger partial charge in [-0.25, -0.2) is 4.79 Å². The molecule has 0 spiro atoms. The first-order valence-electron chi connectivity index (χ1n) is 6.87. The number of halogens is 2. The summed E-state index contributed by atoms with van der Waals surface area (Å²) in [5, 5.41) is 5.33. The van der Waals surface area contributed by atoms with Gasteiger partial charge < -0.3 is 15.5 Å². The van der Waals surface area contributed by atoms with E-state index < -0.39 is 5.76 Å². The number of rotatable bonds is 8. The predicted molar refractivity (Wildman–Crippen MR) is 83.1 cm³/mol. The lowest BCUT2D eigenvalue weighted by Crippen LogP contribution is -2.36. The number of alkyl halides is 2. The fourth-order valence-corrected chi connectivity index (χ4v) is 2.40. The number of amides is 2. The Bertz CT molecular complexity index is 442. The molecule has 4 nitrogen and oxygen atoms in total. The molecular formula is C14H21F2N3OS. The molecule has 2 amide bonds. The molecule has 1 rings (SSSR count). The number of likely N-dealkylation sites (N-methyl/N-ethyl adjacent to an activating group) is 1. The molecule has 21 heavy (non-hydrogen) atoms. The Kier molecular flexibility index (Phi) is 8.07. The van der Waals surface area contributed by atoms with E-state index in [9.17, 15) is 13.6 Å². The van der Waals surface area contributed by atoms with Crippen LogP contribution >= 0.6 is 11.8 Å². The van der Waals surface area contributed by atoms with Gasteiger partial charge in [-0.05, 0) is 25.2 Å². The number of nitrogens with zero attached hydrogens (tertiary/aromatic N) is 1. The normalized spacial score (nSPS) is 11.0. The Balaban J connectivity index is 2.47. The van der Waals surface area contributed by atoms with Crippen molar-refractivity contribution in [2.75, 3.05) is 31.5 Å². The number of para-hydroxylation sites is 1. The van der Waals surface area contributed by atoms with Crippen molar-refractivity contribution in [1.29, 1.82) is 0 Å². The molecule has 0 heterocycles. The second-order valence-corrected chi connectivity index (χ2v) is 5.31. The molecule has 0 aliphatic heterocycles. The zero-order valence-corrected chi connectivity index (χ0v) is 13.1. The minimum Gasteiger partial charge on any atom is -0.337 e. The lowest BCUT2D eigenvalue weighted by atomic mass is 10.3. The van der Waals surface area contributed by atoms with Crippen molar-refractivity contribution < 1.29 is 13.6 Å². The predicted octanol–water partition coefficient (Wildman–Crippen LogP) is 3.46. The number of nitrogens with one attached hydrogen (secondary N) is 2. The first-order valence-corrected chi connectivity index (χ1v) is 7.75. The molecule has 2 N–H and O–H groups in total. The first kappa shape index (κ1) is 17.7. The van der Waals surface area contributed by atoms with Gasteiger partial charge in [-0.1, -0.05) is 37.7 Å². The summed E-state index contributed by atoms with van der Waals surface area (Å²) in [6.07, 6.45) is 0. The van der Waals surface area contributed by atoms with Crippen LogP contribution in [-0.4, -0.2) is 42.9 Å². The molecule has 1 aromatic carbocycles. The molecule has 0 radical (unpaired) electrons. The Morgan fingerprint density at radius 1 is 1.29 bits per heavy atom. The summed E-state index contributed by atoms with van der Waals surface area (Å²) in [7, 11) is 0. The van der Waals surface area contributed by atoms with Crippen molar-refractivity contribution in [2.24, 2.45) is 0 Å². The number of thioether (sulfide) groups is 1. The van der Waals surface area contributed by atoms with Crippen LogP contribution in [0.1, 0.15) is 13.8 Å². The SMILES string of the molecule is CCN(CC)CCNC(=O)Nc1ccccc1SC(F)F. The lowest BCUT2D eigenvalue weighted by molar-refractivity contribution is 0.247. The van der Waals surface area contributed by atoms with Crippen LogP contribution in [0.15, 0.2) is 29.2 Å². The lowest BCUT2D eigenvalue weighted by Gasteiger charge is -2.18. The topological polar surface area (TPSA) is 44.4 Å². The molecule has 0 atom stereocenters. The Hall–Kier alpha value is -1.34. The van der Waals surface area contributed by atoms with Gasteiger partial charge in [0.1, 0.15) is 0 Å². The second-order valence-electron chi connectivity index (χ2n) is 4.28. The molecule has 0 aromatic heterocycles. The van der Waals surface area contributed by atoms with Gasteiger partial charge in [-0.15, -0.1) is 0 Å². The van der Waals surface area contributed by atoms with Crippen molar-refractivity contribution in [1.82, 2.24) is 10.2 Å². The van der Waals surface area contributed by atoms with Crippen LogP contribution in [0.25, 0.3) is 0 Å². The molecule has 1 aromatic rings. The van der Waals surface area contributed by atoms with Crippen LogP contribution < -0.4 is 10.6 Å². The van der Waals surface area contributed by atoms with E-state index in [1.807, 2.05) is 0 Å². The largest absolute Gasteiger partial charge is 0.337 e. The Labute approximate surface area is 128 Å². The fourth-order valence-electron chi connectivity index (χ4n) is 1.80. The summed E-state index contributed by atoms with van der Waals surface area (Å²) in [5.41, 5.74) is 0.392. The number of hydrogen-bond donors (Lipinski definition) is 2. The van der Waals surface area contributed by atoms with E-state index in [4.69, 9.17) is 0 Å². The molecule has 0 bridgehead atoms. The minimum atomic E-state index is -2.52.